The zero-order valence-electron chi connectivity index (χ0n) is 8.06. The number of nitrogens with two attached hydrogens (primary N) is 1. The standard InChI is InChI=1S/C11H10N2O2/c12-6-7-1-2-9(15-8-3-4-8)5-10(7)11(13)14/h1-2,5,8H,3-4H2,(H2,13,14). The molecule has 0 radical (unpaired) electrons. The first-order valence-electron chi connectivity index (χ1n) is 4.71. The number of amides is 1. The van der Waals surface area contributed by atoms with E-state index in [4.69, 9.17) is 15.7 Å². The van der Waals surface area contributed by atoms with Crippen LogP contribution in [0.15, 0.2) is 18.2 Å². The molecule has 1 aliphatic rings. The molecule has 1 saturated carbocycles. The summed E-state index contributed by atoms with van der Waals surface area (Å²) >= 11 is 0. The summed E-state index contributed by atoms with van der Waals surface area (Å²) in [6.45, 7) is 0. The molecule has 2 N–H and O–H groups in total. The van der Waals surface area contributed by atoms with Crippen molar-refractivity contribution >= 4 is 5.91 Å². The fraction of sp³-hybridized carbons (Fsp3) is 0.273. The molecule has 0 saturated heterocycles. The van der Waals surface area contributed by atoms with Crippen molar-refractivity contribution in [3.8, 4) is 11.8 Å². The van der Waals surface area contributed by atoms with Gasteiger partial charge < -0.3 is 10.5 Å². The van der Waals surface area contributed by atoms with Gasteiger partial charge in [0.15, 0.2) is 0 Å². The summed E-state index contributed by atoms with van der Waals surface area (Å²) in [6, 6.07) is 6.68. The van der Waals surface area contributed by atoms with Crippen LogP contribution in [0.4, 0.5) is 0 Å². The second-order valence-electron chi connectivity index (χ2n) is 3.50. The van der Waals surface area contributed by atoms with Gasteiger partial charge in [-0.25, -0.2) is 0 Å². The maximum atomic E-state index is 11.0. The van der Waals surface area contributed by atoms with Crippen LogP contribution in [-0.4, -0.2) is 12.0 Å². The molecule has 0 aliphatic heterocycles. The van der Waals surface area contributed by atoms with Crippen LogP contribution in [0.1, 0.15) is 28.8 Å². The van der Waals surface area contributed by atoms with E-state index in [9.17, 15) is 4.79 Å². The summed E-state index contributed by atoms with van der Waals surface area (Å²) in [5.74, 6) is -0.00176. The highest BCUT2D eigenvalue weighted by atomic mass is 16.5. The van der Waals surface area contributed by atoms with Crippen LogP contribution in [-0.2, 0) is 0 Å². The summed E-state index contributed by atoms with van der Waals surface area (Å²) in [4.78, 5) is 11.0. The molecule has 1 aromatic carbocycles. The number of ether oxygens (including phenoxy) is 1. The molecule has 15 heavy (non-hydrogen) atoms. The molecule has 0 spiro atoms. The van der Waals surface area contributed by atoms with Crippen LogP contribution < -0.4 is 10.5 Å². The first-order valence-corrected chi connectivity index (χ1v) is 4.71. The maximum absolute atomic E-state index is 11.0. The Hall–Kier alpha value is -2.02. The number of carbonyl (C=O) groups excluding carboxylic acids is 1. The van der Waals surface area contributed by atoms with Crippen molar-refractivity contribution in [1.82, 2.24) is 0 Å². The zero-order chi connectivity index (χ0) is 10.8. The zero-order valence-corrected chi connectivity index (χ0v) is 8.06. The molecular weight excluding hydrogens is 192 g/mol. The quantitative estimate of drug-likeness (QED) is 0.800. The van der Waals surface area contributed by atoms with Crippen molar-refractivity contribution in [3.63, 3.8) is 0 Å². The van der Waals surface area contributed by atoms with E-state index in [1.165, 1.54) is 6.07 Å². The number of carbonyl (C=O) groups is 1. The van der Waals surface area contributed by atoms with Crippen LogP contribution in [0.25, 0.3) is 0 Å². The monoisotopic (exact) mass is 202 g/mol. The number of hydrogen-bond donors (Lipinski definition) is 1. The molecule has 0 bridgehead atoms. The highest BCUT2D eigenvalue weighted by Gasteiger charge is 2.24. The van der Waals surface area contributed by atoms with Crippen LogP contribution in [0, 0.1) is 11.3 Å². The predicted octanol–water partition coefficient (Wildman–Crippen LogP) is 1.20. The van der Waals surface area contributed by atoms with Crippen molar-refractivity contribution in [3.05, 3.63) is 29.3 Å². The minimum Gasteiger partial charge on any atom is -0.490 e. The van der Waals surface area contributed by atoms with Crippen molar-refractivity contribution in [2.24, 2.45) is 5.73 Å². The van der Waals surface area contributed by atoms with Crippen molar-refractivity contribution < 1.29 is 9.53 Å². The largest absolute Gasteiger partial charge is 0.490 e. The van der Waals surface area contributed by atoms with Gasteiger partial charge in [-0.05, 0) is 31.0 Å². The van der Waals surface area contributed by atoms with E-state index in [-0.39, 0.29) is 17.2 Å². The molecule has 1 fully saturated rings. The number of nitrogens with zero attached hydrogens (tertiary/aromatic N) is 1. The van der Waals surface area contributed by atoms with E-state index in [0.29, 0.717) is 5.75 Å². The molecular formula is C11H10N2O2. The number of benzene rings is 1. The first-order chi connectivity index (χ1) is 7.20. The Morgan fingerprint density at radius 1 is 1.53 bits per heavy atom. The molecule has 1 aliphatic carbocycles. The molecule has 0 unspecified atom stereocenters. The highest BCUT2D eigenvalue weighted by molar-refractivity contribution is 5.95. The van der Waals surface area contributed by atoms with Gasteiger partial charge in [0.2, 0.25) is 5.91 Å². The second kappa shape index (κ2) is 3.62. The van der Waals surface area contributed by atoms with Gasteiger partial charge in [0, 0.05) is 0 Å². The van der Waals surface area contributed by atoms with Crippen molar-refractivity contribution in [1.29, 1.82) is 5.26 Å². The lowest BCUT2D eigenvalue weighted by Gasteiger charge is -2.06. The molecule has 4 nitrogen and oxygen atoms in total. The highest BCUT2D eigenvalue weighted by Crippen LogP contribution is 2.27. The van der Waals surface area contributed by atoms with Gasteiger partial charge in [0.05, 0.1) is 23.3 Å². The number of rotatable bonds is 3. The SMILES string of the molecule is N#Cc1ccc(OC2CC2)cc1C(N)=O. The van der Waals surface area contributed by atoms with E-state index in [1.807, 2.05) is 6.07 Å². The van der Waals surface area contributed by atoms with Gasteiger partial charge in [-0.15, -0.1) is 0 Å². The Balaban J connectivity index is 2.31. The van der Waals surface area contributed by atoms with Crippen molar-refractivity contribution in [2.45, 2.75) is 18.9 Å². The summed E-state index contributed by atoms with van der Waals surface area (Å²) in [5.41, 5.74) is 5.66. The maximum Gasteiger partial charge on any atom is 0.250 e. The normalized spacial score (nSPS) is 14.3. The third-order valence-corrected chi connectivity index (χ3v) is 2.20. The van der Waals surface area contributed by atoms with E-state index in [1.54, 1.807) is 12.1 Å². The molecule has 1 amide bonds. The predicted molar refractivity (Wildman–Crippen MR) is 53.3 cm³/mol. The lowest BCUT2D eigenvalue weighted by Crippen LogP contribution is -2.13. The minimum absolute atomic E-state index is 0.218. The van der Waals surface area contributed by atoms with Crippen molar-refractivity contribution in [2.75, 3.05) is 0 Å². The van der Waals surface area contributed by atoms with Gasteiger partial charge in [-0.2, -0.15) is 5.26 Å². The Morgan fingerprint density at radius 3 is 2.80 bits per heavy atom. The average molecular weight is 202 g/mol. The van der Waals surface area contributed by atoms with Gasteiger partial charge in [-0.1, -0.05) is 0 Å². The topological polar surface area (TPSA) is 76.1 Å². The molecule has 1 aromatic rings. The van der Waals surface area contributed by atoms with E-state index in [0.717, 1.165) is 12.8 Å². The fourth-order valence-electron chi connectivity index (χ4n) is 1.28. The summed E-state index contributed by atoms with van der Waals surface area (Å²) in [7, 11) is 0. The smallest absolute Gasteiger partial charge is 0.250 e. The summed E-state index contributed by atoms with van der Waals surface area (Å²) in [5, 5.41) is 8.75. The molecule has 76 valence electrons. The number of hydrogen-bond acceptors (Lipinski definition) is 3. The van der Waals surface area contributed by atoms with Crippen LogP contribution >= 0.6 is 0 Å². The summed E-state index contributed by atoms with van der Waals surface area (Å²) in [6.07, 6.45) is 2.36. The lowest BCUT2D eigenvalue weighted by atomic mass is 10.1. The van der Waals surface area contributed by atoms with Gasteiger partial charge in [0.25, 0.3) is 0 Å². The van der Waals surface area contributed by atoms with E-state index >= 15 is 0 Å². The molecule has 0 aromatic heterocycles. The third kappa shape index (κ3) is 2.08. The number of nitriles is 1. The minimum atomic E-state index is -0.604. The molecule has 0 atom stereocenters. The number of primary amides is 1. The Morgan fingerprint density at radius 2 is 2.27 bits per heavy atom. The molecule has 2 rings (SSSR count). The Kier molecular flexibility index (Phi) is 2.30. The van der Waals surface area contributed by atoms with Gasteiger partial charge in [-0.3, -0.25) is 4.79 Å². The van der Waals surface area contributed by atoms with Crippen LogP contribution in [0.5, 0.6) is 5.75 Å². The van der Waals surface area contributed by atoms with Gasteiger partial charge in [0.1, 0.15) is 5.75 Å². The third-order valence-electron chi connectivity index (χ3n) is 2.20. The van der Waals surface area contributed by atoms with Gasteiger partial charge >= 0.3 is 0 Å². The van der Waals surface area contributed by atoms with Crippen LogP contribution in [0.2, 0.25) is 0 Å². The molecule has 4 heteroatoms. The second-order valence-corrected chi connectivity index (χ2v) is 3.50. The average Bonchev–Trinajstić information content (AvgIpc) is 3.01. The van der Waals surface area contributed by atoms with E-state index < -0.39 is 5.91 Å². The molecule has 0 heterocycles. The van der Waals surface area contributed by atoms with E-state index in [2.05, 4.69) is 0 Å². The summed E-state index contributed by atoms with van der Waals surface area (Å²) < 4.78 is 5.50. The lowest BCUT2D eigenvalue weighted by molar-refractivity contribution is 0.0999. The van der Waals surface area contributed by atoms with Crippen LogP contribution in [0.3, 0.4) is 0 Å². The fourth-order valence-corrected chi connectivity index (χ4v) is 1.28. The Labute approximate surface area is 87.3 Å². The Bertz CT molecular complexity index is 444. The first kappa shape index (κ1) is 9.53.